The van der Waals surface area contributed by atoms with Gasteiger partial charge in [0.1, 0.15) is 5.65 Å². The van der Waals surface area contributed by atoms with Crippen molar-refractivity contribution in [2.24, 2.45) is 0 Å². The zero-order chi connectivity index (χ0) is 10.3. The van der Waals surface area contributed by atoms with E-state index < -0.39 is 0 Å². The number of rotatable bonds is 1. The summed E-state index contributed by atoms with van der Waals surface area (Å²) in [6, 6.07) is 2.47. The maximum atomic E-state index is 5.92. The number of aromatic nitrogens is 2. The minimum absolute atomic E-state index is 0.394. The fourth-order valence-corrected chi connectivity index (χ4v) is 1.65. The van der Waals surface area contributed by atoms with Gasteiger partial charge >= 0.3 is 0 Å². The lowest BCUT2D eigenvalue weighted by Crippen LogP contribution is -1.99. The largest absolute Gasteiger partial charge is 0.397 e. The zero-order valence-electron chi connectivity index (χ0n) is 8.78. The highest BCUT2D eigenvalue weighted by Crippen LogP contribution is 2.25. The monoisotopic (exact) mass is 189 g/mol. The second kappa shape index (κ2) is 3.01. The second-order valence-electron chi connectivity index (χ2n) is 3.97. The third-order valence-corrected chi connectivity index (χ3v) is 2.39. The number of hydrogen-bond acceptors (Lipinski definition) is 2. The van der Waals surface area contributed by atoms with Gasteiger partial charge in [0.15, 0.2) is 0 Å². The van der Waals surface area contributed by atoms with Crippen LogP contribution >= 0.6 is 0 Å². The van der Waals surface area contributed by atoms with Gasteiger partial charge in [-0.05, 0) is 32.4 Å². The van der Waals surface area contributed by atoms with Crippen LogP contribution in [0.1, 0.15) is 25.5 Å². The molecule has 0 unspecified atom stereocenters. The second-order valence-corrected chi connectivity index (χ2v) is 3.97. The summed E-state index contributed by atoms with van der Waals surface area (Å²) in [6.07, 6.45) is 3.84. The van der Waals surface area contributed by atoms with E-state index in [-0.39, 0.29) is 0 Å². The molecule has 2 aromatic heterocycles. The van der Waals surface area contributed by atoms with Gasteiger partial charge in [0.25, 0.3) is 0 Å². The van der Waals surface area contributed by atoms with Crippen molar-refractivity contribution < 1.29 is 0 Å². The number of pyridine rings is 1. The molecular weight excluding hydrogens is 174 g/mol. The van der Waals surface area contributed by atoms with E-state index in [0.717, 1.165) is 22.3 Å². The number of aryl methyl sites for hydroxylation is 1. The van der Waals surface area contributed by atoms with E-state index in [1.54, 1.807) is 0 Å². The summed E-state index contributed by atoms with van der Waals surface area (Å²) in [4.78, 5) is 4.41. The van der Waals surface area contributed by atoms with Crippen molar-refractivity contribution in [1.29, 1.82) is 0 Å². The highest BCUT2D eigenvalue weighted by atomic mass is 15.1. The Bertz CT molecular complexity index is 469. The van der Waals surface area contributed by atoms with Crippen LogP contribution in [0.4, 0.5) is 5.69 Å². The van der Waals surface area contributed by atoms with E-state index in [4.69, 9.17) is 5.73 Å². The third kappa shape index (κ3) is 1.25. The number of fused-ring (bicyclic) bond motifs is 1. The average molecular weight is 189 g/mol. The lowest BCUT2D eigenvalue weighted by atomic mass is 10.2. The van der Waals surface area contributed by atoms with Crippen LogP contribution in [0.5, 0.6) is 0 Å². The standard InChI is InChI=1S/C11H15N3/c1-7(2)14-6-10(12)9-4-8(3)5-13-11(9)14/h4-7H,12H2,1-3H3. The fourth-order valence-electron chi connectivity index (χ4n) is 1.65. The van der Waals surface area contributed by atoms with Gasteiger partial charge in [-0.3, -0.25) is 0 Å². The molecule has 0 aromatic carbocycles. The minimum Gasteiger partial charge on any atom is -0.397 e. The van der Waals surface area contributed by atoms with Crippen molar-refractivity contribution in [2.45, 2.75) is 26.8 Å². The van der Waals surface area contributed by atoms with Crippen molar-refractivity contribution in [3.05, 3.63) is 24.0 Å². The van der Waals surface area contributed by atoms with E-state index in [9.17, 15) is 0 Å². The molecule has 3 nitrogen and oxygen atoms in total. The molecule has 0 aliphatic carbocycles. The van der Waals surface area contributed by atoms with E-state index in [2.05, 4.69) is 29.5 Å². The Balaban J connectivity index is 2.77. The smallest absolute Gasteiger partial charge is 0.142 e. The Morgan fingerprint density at radius 2 is 2.14 bits per heavy atom. The molecule has 0 aliphatic heterocycles. The number of nitrogen functional groups attached to an aromatic ring is 1. The van der Waals surface area contributed by atoms with Gasteiger partial charge in [0.2, 0.25) is 0 Å². The Morgan fingerprint density at radius 3 is 2.79 bits per heavy atom. The van der Waals surface area contributed by atoms with Crippen molar-refractivity contribution >= 4 is 16.7 Å². The zero-order valence-corrected chi connectivity index (χ0v) is 8.78. The van der Waals surface area contributed by atoms with Crippen molar-refractivity contribution in [3.63, 3.8) is 0 Å². The van der Waals surface area contributed by atoms with E-state index in [1.807, 2.05) is 19.3 Å². The van der Waals surface area contributed by atoms with Crippen LogP contribution in [0.2, 0.25) is 0 Å². The van der Waals surface area contributed by atoms with Gasteiger partial charge in [0, 0.05) is 23.8 Å². The van der Waals surface area contributed by atoms with Crippen molar-refractivity contribution in [2.75, 3.05) is 5.73 Å². The molecule has 2 N–H and O–H groups in total. The first-order valence-electron chi connectivity index (χ1n) is 4.82. The highest BCUT2D eigenvalue weighted by Gasteiger charge is 2.09. The predicted molar refractivity (Wildman–Crippen MR) is 59.3 cm³/mol. The van der Waals surface area contributed by atoms with Crippen LogP contribution in [0.15, 0.2) is 18.5 Å². The molecule has 0 spiro atoms. The Kier molecular flexibility index (Phi) is 1.95. The van der Waals surface area contributed by atoms with Crippen LogP contribution in [0.3, 0.4) is 0 Å². The Morgan fingerprint density at radius 1 is 1.43 bits per heavy atom. The van der Waals surface area contributed by atoms with Crippen LogP contribution in [0.25, 0.3) is 11.0 Å². The van der Waals surface area contributed by atoms with Crippen LogP contribution in [0, 0.1) is 6.92 Å². The van der Waals surface area contributed by atoms with Crippen LogP contribution < -0.4 is 5.73 Å². The maximum Gasteiger partial charge on any atom is 0.142 e. The maximum absolute atomic E-state index is 5.92. The van der Waals surface area contributed by atoms with Gasteiger partial charge in [-0.1, -0.05) is 0 Å². The van der Waals surface area contributed by atoms with Gasteiger partial charge in [-0.25, -0.2) is 4.98 Å². The van der Waals surface area contributed by atoms with Crippen LogP contribution in [-0.4, -0.2) is 9.55 Å². The van der Waals surface area contributed by atoms with Gasteiger partial charge in [0.05, 0.1) is 5.69 Å². The molecule has 2 rings (SSSR count). The van der Waals surface area contributed by atoms with E-state index >= 15 is 0 Å². The number of hydrogen-bond donors (Lipinski definition) is 1. The summed E-state index contributed by atoms with van der Waals surface area (Å²) in [7, 11) is 0. The molecule has 0 amide bonds. The number of anilines is 1. The highest BCUT2D eigenvalue weighted by molar-refractivity contribution is 5.89. The molecule has 0 fully saturated rings. The molecule has 74 valence electrons. The van der Waals surface area contributed by atoms with Crippen molar-refractivity contribution in [1.82, 2.24) is 9.55 Å². The fraction of sp³-hybridized carbons (Fsp3) is 0.364. The SMILES string of the molecule is Cc1cnc2c(c1)c(N)cn2C(C)C. The number of nitrogens with zero attached hydrogens (tertiary/aromatic N) is 2. The third-order valence-electron chi connectivity index (χ3n) is 2.39. The normalized spacial score (nSPS) is 11.4. The molecule has 2 heterocycles. The molecule has 0 aliphatic rings. The average Bonchev–Trinajstić information content (AvgIpc) is 2.44. The first-order chi connectivity index (χ1) is 6.59. The minimum atomic E-state index is 0.394. The molecular formula is C11H15N3. The molecule has 0 radical (unpaired) electrons. The summed E-state index contributed by atoms with van der Waals surface area (Å²) < 4.78 is 2.10. The lowest BCUT2D eigenvalue weighted by molar-refractivity contribution is 0.618. The summed E-state index contributed by atoms with van der Waals surface area (Å²) >= 11 is 0. The summed E-state index contributed by atoms with van der Waals surface area (Å²) in [5.74, 6) is 0. The van der Waals surface area contributed by atoms with Gasteiger partial charge < -0.3 is 10.3 Å². The molecule has 0 saturated heterocycles. The van der Waals surface area contributed by atoms with Gasteiger partial charge in [-0.2, -0.15) is 0 Å². The summed E-state index contributed by atoms with van der Waals surface area (Å²) in [5.41, 5.74) is 8.85. The molecule has 2 aromatic rings. The molecule has 14 heavy (non-hydrogen) atoms. The molecule has 3 heteroatoms. The topological polar surface area (TPSA) is 43.8 Å². The molecule has 0 atom stereocenters. The Hall–Kier alpha value is -1.51. The van der Waals surface area contributed by atoms with E-state index in [0.29, 0.717) is 6.04 Å². The predicted octanol–water partition coefficient (Wildman–Crippen LogP) is 2.51. The quantitative estimate of drug-likeness (QED) is 0.749. The van der Waals surface area contributed by atoms with Gasteiger partial charge in [-0.15, -0.1) is 0 Å². The van der Waals surface area contributed by atoms with E-state index in [1.165, 1.54) is 0 Å². The number of nitrogens with two attached hydrogens (primary N) is 1. The molecule has 0 bridgehead atoms. The first kappa shape index (κ1) is 9.06. The molecule has 0 saturated carbocycles. The Labute approximate surface area is 83.6 Å². The first-order valence-corrected chi connectivity index (χ1v) is 4.82. The van der Waals surface area contributed by atoms with Crippen LogP contribution in [-0.2, 0) is 0 Å². The summed E-state index contributed by atoms with van der Waals surface area (Å²) in [6.45, 7) is 6.28. The van der Waals surface area contributed by atoms with Crippen molar-refractivity contribution in [3.8, 4) is 0 Å². The summed E-state index contributed by atoms with van der Waals surface area (Å²) in [5, 5.41) is 1.05. The lowest BCUT2D eigenvalue weighted by Gasteiger charge is -2.07.